The molecule has 0 aliphatic heterocycles. The molecule has 0 aromatic heterocycles. The van der Waals surface area contributed by atoms with Gasteiger partial charge in [0.15, 0.2) is 6.10 Å². The van der Waals surface area contributed by atoms with E-state index in [-0.39, 0.29) is 31.1 Å². The van der Waals surface area contributed by atoms with Crippen molar-refractivity contribution >= 4 is 17.9 Å². The van der Waals surface area contributed by atoms with Crippen LogP contribution in [0.5, 0.6) is 0 Å². The minimum Gasteiger partial charge on any atom is -0.462 e. The molecule has 62 heavy (non-hydrogen) atoms. The SMILES string of the molecule is CCCCCCCCCCCCCCCCCCCCCC(=O)OC[C@H](COC(=O)CCCCCCCCCCCCCCCCCC)OC(=O)CCCCCCCCC(C)C. The van der Waals surface area contributed by atoms with Gasteiger partial charge in [0, 0.05) is 19.3 Å². The van der Waals surface area contributed by atoms with Crippen LogP contribution in [0.4, 0.5) is 0 Å². The topological polar surface area (TPSA) is 78.9 Å². The standard InChI is InChI=1S/C56H108O6/c1-5-7-9-11-13-15-17-19-21-23-24-25-27-29-31-33-35-40-44-48-55(58)61-51-53(62-56(59)49-45-41-37-36-38-42-46-52(3)4)50-60-54(57)47-43-39-34-32-30-28-26-22-20-18-16-14-12-10-8-6-2/h52-53H,5-51H2,1-4H3/t53-/m0/s1. The Hall–Kier alpha value is -1.59. The van der Waals surface area contributed by atoms with Crippen LogP contribution in [0.25, 0.3) is 0 Å². The van der Waals surface area contributed by atoms with Crippen LogP contribution in [0.3, 0.4) is 0 Å². The molecular weight excluding hydrogens is 769 g/mol. The van der Waals surface area contributed by atoms with Crippen molar-refractivity contribution in [3.05, 3.63) is 0 Å². The zero-order chi connectivity index (χ0) is 45.2. The molecule has 368 valence electrons. The quantitative estimate of drug-likeness (QED) is 0.0344. The van der Waals surface area contributed by atoms with Gasteiger partial charge in [-0.05, 0) is 25.2 Å². The Balaban J connectivity index is 4.18. The first kappa shape index (κ1) is 60.4. The molecule has 0 saturated heterocycles. The van der Waals surface area contributed by atoms with Crippen LogP contribution in [0.2, 0.25) is 0 Å². The molecule has 0 radical (unpaired) electrons. The number of carbonyl (C=O) groups is 3. The summed E-state index contributed by atoms with van der Waals surface area (Å²) in [5.74, 6) is -0.0868. The summed E-state index contributed by atoms with van der Waals surface area (Å²) in [4.78, 5) is 38.0. The number of ether oxygens (including phenoxy) is 3. The fourth-order valence-electron chi connectivity index (χ4n) is 8.57. The fraction of sp³-hybridized carbons (Fsp3) is 0.946. The van der Waals surface area contributed by atoms with Crippen LogP contribution < -0.4 is 0 Å². The maximum atomic E-state index is 12.7. The molecule has 0 rings (SSSR count). The average molecular weight is 877 g/mol. The van der Waals surface area contributed by atoms with Gasteiger partial charge in [0.1, 0.15) is 13.2 Å². The van der Waals surface area contributed by atoms with Gasteiger partial charge in [0.2, 0.25) is 0 Å². The summed E-state index contributed by atoms with van der Waals surface area (Å²) in [6.07, 6.45) is 54.0. The van der Waals surface area contributed by atoms with E-state index in [1.54, 1.807) is 0 Å². The summed E-state index contributed by atoms with van der Waals surface area (Å²) in [5, 5.41) is 0. The normalized spacial score (nSPS) is 12.0. The Bertz CT molecular complexity index is 933. The van der Waals surface area contributed by atoms with E-state index in [4.69, 9.17) is 14.2 Å². The summed E-state index contributed by atoms with van der Waals surface area (Å²) < 4.78 is 16.8. The van der Waals surface area contributed by atoms with E-state index >= 15 is 0 Å². The fourth-order valence-corrected chi connectivity index (χ4v) is 8.57. The van der Waals surface area contributed by atoms with Crippen LogP contribution >= 0.6 is 0 Å². The van der Waals surface area contributed by atoms with Gasteiger partial charge in [-0.25, -0.2) is 0 Å². The van der Waals surface area contributed by atoms with Crippen LogP contribution in [0.15, 0.2) is 0 Å². The highest BCUT2D eigenvalue weighted by Gasteiger charge is 2.19. The Morgan fingerprint density at radius 2 is 0.532 bits per heavy atom. The maximum absolute atomic E-state index is 12.7. The second kappa shape index (κ2) is 50.4. The predicted molar refractivity (Wildman–Crippen MR) is 266 cm³/mol. The highest BCUT2D eigenvalue weighted by molar-refractivity contribution is 5.71. The van der Waals surface area contributed by atoms with Gasteiger partial charge >= 0.3 is 17.9 Å². The van der Waals surface area contributed by atoms with Crippen LogP contribution in [0, 0.1) is 5.92 Å². The Labute approximate surface area is 387 Å². The van der Waals surface area contributed by atoms with Crippen LogP contribution in [-0.2, 0) is 28.6 Å². The predicted octanol–water partition coefficient (Wildman–Crippen LogP) is 18.2. The van der Waals surface area contributed by atoms with Gasteiger partial charge < -0.3 is 14.2 Å². The summed E-state index contributed by atoms with van der Waals surface area (Å²) in [6.45, 7) is 8.98. The van der Waals surface area contributed by atoms with Crippen molar-refractivity contribution in [2.75, 3.05) is 13.2 Å². The van der Waals surface area contributed by atoms with Gasteiger partial charge in [0.05, 0.1) is 0 Å². The number of hydrogen-bond acceptors (Lipinski definition) is 6. The zero-order valence-electron chi connectivity index (χ0n) is 42.3. The Kier molecular flexibility index (Phi) is 49.1. The van der Waals surface area contributed by atoms with E-state index < -0.39 is 6.10 Å². The number of carbonyl (C=O) groups excluding carboxylic acids is 3. The van der Waals surface area contributed by atoms with Crippen molar-refractivity contribution in [1.29, 1.82) is 0 Å². The van der Waals surface area contributed by atoms with Gasteiger partial charge in [-0.3, -0.25) is 14.4 Å². The minimum atomic E-state index is -0.762. The summed E-state index contributed by atoms with van der Waals surface area (Å²) in [7, 11) is 0. The largest absolute Gasteiger partial charge is 0.462 e. The number of esters is 3. The first-order chi connectivity index (χ1) is 30.4. The smallest absolute Gasteiger partial charge is 0.306 e. The average Bonchev–Trinajstić information content (AvgIpc) is 3.26. The second-order valence-electron chi connectivity index (χ2n) is 19.7. The van der Waals surface area contributed by atoms with Crippen molar-refractivity contribution in [1.82, 2.24) is 0 Å². The molecule has 0 aromatic carbocycles. The molecular formula is C56H108O6. The van der Waals surface area contributed by atoms with Gasteiger partial charge in [0.25, 0.3) is 0 Å². The number of rotatable bonds is 51. The molecule has 0 heterocycles. The van der Waals surface area contributed by atoms with E-state index in [1.807, 2.05) is 0 Å². The lowest BCUT2D eigenvalue weighted by atomic mass is 10.0. The zero-order valence-corrected chi connectivity index (χ0v) is 42.3. The van der Waals surface area contributed by atoms with E-state index in [0.29, 0.717) is 19.3 Å². The van der Waals surface area contributed by atoms with E-state index in [2.05, 4.69) is 27.7 Å². The molecule has 6 heteroatoms. The third-order valence-corrected chi connectivity index (χ3v) is 12.8. The summed E-state index contributed by atoms with van der Waals surface area (Å²) >= 11 is 0. The van der Waals surface area contributed by atoms with Crippen LogP contribution in [-0.4, -0.2) is 37.2 Å². The molecule has 0 spiro atoms. The van der Waals surface area contributed by atoms with Gasteiger partial charge in [-0.15, -0.1) is 0 Å². The first-order valence-electron chi connectivity index (χ1n) is 27.9. The van der Waals surface area contributed by atoms with Crippen molar-refractivity contribution in [2.45, 2.75) is 323 Å². The third-order valence-electron chi connectivity index (χ3n) is 12.8. The first-order valence-corrected chi connectivity index (χ1v) is 27.9. The van der Waals surface area contributed by atoms with Crippen molar-refractivity contribution in [3.8, 4) is 0 Å². The lowest BCUT2D eigenvalue weighted by molar-refractivity contribution is -0.167. The lowest BCUT2D eigenvalue weighted by Gasteiger charge is -2.18. The monoisotopic (exact) mass is 877 g/mol. The third kappa shape index (κ3) is 49.4. The molecule has 0 amide bonds. The van der Waals surface area contributed by atoms with E-state index in [1.165, 1.54) is 212 Å². The summed E-state index contributed by atoms with van der Waals surface area (Å²) in [6, 6.07) is 0. The van der Waals surface area contributed by atoms with Gasteiger partial charge in [-0.1, -0.05) is 278 Å². The maximum Gasteiger partial charge on any atom is 0.306 e. The van der Waals surface area contributed by atoms with Crippen molar-refractivity contribution in [2.24, 2.45) is 5.92 Å². The van der Waals surface area contributed by atoms with Crippen LogP contribution in [0.1, 0.15) is 317 Å². The summed E-state index contributed by atoms with van der Waals surface area (Å²) in [5.41, 5.74) is 0. The molecule has 0 fully saturated rings. The molecule has 1 atom stereocenters. The molecule has 0 saturated carbocycles. The molecule has 0 aliphatic rings. The second-order valence-corrected chi connectivity index (χ2v) is 19.7. The molecule has 0 aliphatic carbocycles. The van der Waals surface area contributed by atoms with Gasteiger partial charge in [-0.2, -0.15) is 0 Å². The van der Waals surface area contributed by atoms with E-state index in [9.17, 15) is 14.4 Å². The van der Waals surface area contributed by atoms with Crippen molar-refractivity contribution < 1.29 is 28.6 Å². The molecule has 6 nitrogen and oxygen atoms in total. The lowest BCUT2D eigenvalue weighted by Crippen LogP contribution is -2.30. The molecule has 0 bridgehead atoms. The van der Waals surface area contributed by atoms with Crippen molar-refractivity contribution in [3.63, 3.8) is 0 Å². The Morgan fingerprint density at radius 3 is 0.790 bits per heavy atom. The Morgan fingerprint density at radius 1 is 0.306 bits per heavy atom. The molecule has 0 N–H and O–H groups in total. The van der Waals surface area contributed by atoms with E-state index in [0.717, 1.165) is 63.7 Å². The molecule has 0 aromatic rings. The minimum absolute atomic E-state index is 0.0636. The highest BCUT2D eigenvalue weighted by Crippen LogP contribution is 2.18. The highest BCUT2D eigenvalue weighted by atomic mass is 16.6. The number of hydrogen-bond donors (Lipinski definition) is 0. The molecule has 0 unspecified atom stereocenters. The number of unbranched alkanes of at least 4 members (excludes halogenated alkanes) is 38.